The standard InChI is InChI=1S/C16H21NO4/c1-20-13-9-7-12(8-10-13)11-17-14(16(19)21-2)5-3-4-6-15(17)18/h7-10,14H,3-6,11H2,1-2H3. The Hall–Kier alpha value is -2.04. The fraction of sp³-hybridized carbons (Fsp3) is 0.500. The van der Waals surface area contributed by atoms with E-state index < -0.39 is 6.04 Å². The normalized spacial score (nSPS) is 19.0. The van der Waals surface area contributed by atoms with Crippen LogP contribution in [0.5, 0.6) is 5.75 Å². The van der Waals surface area contributed by atoms with Gasteiger partial charge in [-0.25, -0.2) is 4.79 Å². The largest absolute Gasteiger partial charge is 0.497 e. The van der Waals surface area contributed by atoms with Gasteiger partial charge in [0.1, 0.15) is 11.8 Å². The van der Waals surface area contributed by atoms with Crippen LogP contribution >= 0.6 is 0 Å². The number of rotatable bonds is 4. The van der Waals surface area contributed by atoms with E-state index in [9.17, 15) is 9.59 Å². The average Bonchev–Trinajstić information content (AvgIpc) is 2.70. The molecule has 1 heterocycles. The molecule has 5 nitrogen and oxygen atoms in total. The molecule has 0 aromatic heterocycles. The maximum Gasteiger partial charge on any atom is 0.328 e. The number of likely N-dealkylation sites (tertiary alicyclic amines) is 1. The van der Waals surface area contributed by atoms with E-state index in [4.69, 9.17) is 9.47 Å². The van der Waals surface area contributed by atoms with Crippen molar-refractivity contribution in [3.63, 3.8) is 0 Å². The summed E-state index contributed by atoms with van der Waals surface area (Å²) in [7, 11) is 2.98. The number of hydrogen-bond donors (Lipinski definition) is 0. The fourth-order valence-electron chi connectivity index (χ4n) is 2.59. The van der Waals surface area contributed by atoms with E-state index in [2.05, 4.69) is 0 Å². The van der Waals surface area contributed by atoms with Crippen LogP contribution in [-0.4, -0.2) is 37.0 Å². The monoisotopic (exact) mass is 291 g/mol. The molecule has 1 aliphatic heterocycles. The Morgan fingerprint density at radius 1 is 1.24 bits per heavy atom. The molecule has 1 aromatic carbocycles. The van der Waals surface area contributed by atoms with Gasteiger partial charge in [0, 0.05) is 13.0 Å². The van der Waals surface area contributed by atoms with Crippen LogP contribution in [0.25, 0.3) is 0 Å². The van der Waals surface area contributed by atoms with Crippen molar-refractivity contribution in [2.24, 2.45) is 0 Å². The quantitative estimate of drug-likeness (QED) is 0.798. The number of carbonyl (C=O) groups excluding carboxylic acids is 2. The number of carbonyl (C=O) groups is 2. The molecular formula is C16H21NO4. The molecule has 0 aliphatic carbocycles. The first-order chi connectivity index (χ1) is 10.2. The van der Waals surface area contributed by atoms with E-state index in [0.29, 0.717) is 19.4 Å². The third-order valence-electron chi connectivity index (χ3n) is 3.80. The van der Waals surface area contributed by atoms with Gasteiger partial charge in [-0.1, -0.05) is 18.6 Å². The molecule has 0 spiro atoms. The number of ether oxygens (including phenoxy) is 2. The molecule has 0 N–H and O–H groups in total. The van der Waals surface area contributed by atoms with Crippen LogP contribution in [0.15, 0.2) is 24.3 Å². The molecule has 1 saturated heterocycles. The number of hydrogen-bond acceptors (Lipinski definition) is 4. The lowest BCUT2D eigenvalue weighted by Gasteiger charge is -2.28. The molecular weight excluding hydrogens is 270 g/mol. The second kappa shape index (κ2) is 7.11. The smallest absolute Gasteiger partial charge is 0.328 e. The molecule has 1 aliphatic rings. The van der Waals surface area contributed by atoms with Gasteiger partial charge in [0.25, 0.3) is 0 Å². The topological polar surface area (TPSA) is 55.8 Å². The summed E-state index contributed by atoms with van der Waals surface area (Å²) >= 11 is 0. The Bertz CT molecular complexity index is 498. The second-order valence-electron chi connectivity index (χ2n) is 5.15. The van der Waals surface area contributed by atoms with E-state index in [0.717, 1.165) is 24.2 Å². The van der Waals surface area contributed by atoms with Crippen LogP contribution in [-0.2, 0) is 20.9 Å². The first-order valence-electron chi connectivity index (χ1n) is 7.16. The van der Waals surface area contributed by atoms with Gasteiger partial charge >= 0.3 is 5.97 Å². The van der Waals surface area contributed by atoms with E-state index in [1.54, 1.807) is 12.0 Å². The summed E-state index contributed by atoms with van der Waals surface area (Å²) in [5.41, 5.74) is 0.972. The minimum absolute atomic E-state index is 0.0127. The Morgan fingerprint density at radius 2 is 1.95 bits per heavy atom. The molecule has 0 saturated carbocycles. The molecule has 2 rings (SSSR count). The number of nitrogens with zero attached hydrogens (tertiary/aromatic N) is 1. The molecule has 0 radical (unpaired) electrons. The molecule has 114 valence electrons. The van der Waals surface area contributed by atoms with Gasteiger partial charge in [0.15, 0.2) is 0 Å². The van der Waals surface area contributed by atoms with Gasteiger partial charge in [-0.3, -0.25) is 4.79 Å². The highest BCUT2D eigenvalue weighted by molar-refractivity contribution is 5.85. The minimum Gasteiger partial charge on any atom is -0.497 e. The SMILES string of the molecule is COC(=O)C1CCCCC(=O)N1Cc1ccc(OC)cc1. The highest BCUT2D eigenvalue weighted by atomic mass is 16.5. The third-order valence-corrected chi connectivity index (χ3v) is 3.80. The molecule has 1 amide bonds. The fourth-order valence-corrected chi connectivity index (χ4v) is 2.59. The Kier molecular flexibility index (Phi) is 5.20. The van der Waals surface area contributed by atoms with Crippen molar-refractivity contribution in [2.45, 2.75) is 38.3 Å². The Morgan fingerprint density at radius 3 is 2.57 bits per heavy atom. The van der Waals surface area contributed by atoms with Gasteiger partial charge in [0.05, 0.1) is 14.2 Å². The van der Waals surface area contributed by atoms with Crippen molar-refractivity contribution in [2.75, 3.05) is 14.2 Å². The average molecular weight is 291 g/mol. The predicted molar refractivity (Wildman–Crippen MR) is 77.8 cm³/mol. The molecule has 1 atom stereocenters. The molecule has 1 unspecified atom stereocenters. The zero-order chi connectivity index (χ0) is 15.2. The van der Waals surface area contributed by atoms with Gasteiger partial charge in [-0.05, 0) is 30.5 Å². The number of esters is 1. The lowest BCUT2D eigenvalue weighted by atomic mass is 10.1. The van der Waals surface area contributed by atoms with Gasteiger partial charge < -0.3 is 14.4 Å². The van der Waals surface area contributed by atoms with Gasteiger partial charge in [-0.15, -0.1) is 0 Å². The molecule has 21 heavy (non-hydrogen) atoms. The molecule has 1 fully saturated rings. The summed E-state index contributed by atoms with van der Waals surface area (Å²) in [5.74, 6) is 0.447. The second-order valence-corrected chi connectivity index (χ2v) is 5.15. The summed E-state index contributed by atoms with van der Waals surface area (Å²) in [6, 6.07) is 7.04. The predicted octanol–water partition coefficient (Wildman–Crippen LogP) is 2.14. The summed E-state index contributed by atoms with van der Waals surface area (Å²) in [4.78, 5) is 25.8. The molecule has 0 bridgehead atoms. The molecule has 5 heteroatoms. The van der Waals surface area contributed by atoms with Crippen molar-refractivity contribution in [1.82, 2.24) is 4.90 Å². The van der Waals surface area contributed by atoms with Crippen molar-refractivity contribution >= 4 is 11.9 Å². The Balaban J connectivity index is 2.18. The lowest BCUT2D eigenvalue weighted by molar-refractivity contribution is -0.153. The van der Waals surface area contributed by atoms with Crippen LogP contribution in [0.1, 0.15) is 31.2 Å². The maximum atomic E-state index is 12.3. The maximum absolute atomic E-state index is 12.3. The van der Waals surface area contributed by atoms with E-state index >= 15 is 0 Å². The van der Waals surface area contributed by atoms with Gasteiger partial charge in [0.2, 0.25) is 5.91 Å². The van der Waals surface area contributed by atoms with Crippen LogP contribution in [0, 0.1) is 0 Å². The number of amides is 1. The van der Waals surface area contributed by atoms with Gasteiger partial charge in [-0.2, -0.15) is 0 Å². The number of benzene rings is 1. The minimum atomic E-state index is -0.480. The molecule has 1 aromatic rings. The van der Waals surface area contributed by atoms with Crippen LogP contribution < -0.4 is 4.74 Å². The summed E-state index contributed by atoms with van der Waals surface area (Å²) in [5, 5.41) is 0. The zero-order valence-electron chi connectivity index (χ0n) is 12.5. The zero-order valence-corrected chi connectivity index (χ0v) is 12.5. The summed E-state index contributed by atoms with van der Waals surface area (Å²) in [6.07, 6.45) is 2.84. The Labute approximate surface area is 124 Å². The summed E-state index contributed by atoms with van der Waals surface area (Å²) in [6.45, 7) is 0.419. The third kappa shape index (κ3) is 3.74. The van der Waals surface area contributed by atoms with E-state index in [-0.39, 0.29) is 11.9 Å². The van der Waals surface area contributed by atoms with Crippen molar-refractivity contribution in [1.29, 1.82) is 0 Å². The van der Waals surface area contributed by atoms with Crippen molar-refractivity contribution < 1.29 is 19.1 Å². The lowest BCUT2D eigenvalue weighted by Crippen LogP contribution is -2.43. The first-order valence-corrected chi connectivity index (χ1v) is 7.16. The van der Waals surface area contributed by atoms with Crippen LogP contribution in [0.4, 0.5) is 0 Å². The number of methoxy groups -OCH3 is 2. The first kappa shape index (κ1) is 15.4. The highest BCUT2D eigenvalue weighted by Crippen LogP contribution is 2.22. The van der Waals surface area contributed by atoms with E-state index in [1.165, 1.54) is 7.11 Å². The highest BCUT2D eigenvalue weighted by Gasteiger charge is 2.32. The van der Waals surface area contributed by atoms with Crippen LogP contribution in [0.3, 0.4) is 0 Å². The van der Waals surface area contributed by atoms with Crippen LogP contribution in [0.2, 0.25) is 0 Å². The van der Waals surface area contributed by atoms with Crippen molar-refractivity contribution in [3.05, 3.63) is 29.8 Å². The van der Waals surface area contributed by atoms with E-state index in [1.807, 2.05) is 24.3 Å². The summed E-state index contributed by atoms with van der Waals surface area (Å²) < 4.78 is 9.97. The van der Waals surface area contributed by atoms with Crippen molar-refractivity contribution in [3.8, 4) is 5.75 Å².